The third kappa shape index (κ3) is 4.89. The van der Waals surface area contributed by atoms with Crippen LogP contribution >= 0.6 is 0 Å². The van der Waals surface area contributed by atoms with E-state index in [1.807, 2.05) is 64.5 Å². The lowest BCUT2D eigenvalue weighted by atomic mass is 9.81. The van der Waals surface area contributed by atoms with E-state index >= 15 is 0 Å². The van der Waals surface area contributed by atoms with Crippen molar-refractivity contribution in [1.82, 2.24) is 34.8 Å². The second-order valence-electron chi connectivity index (χ2n) is 11.5. The van der Waals surface area contributed by atoms with E-state index in [0.717, 1.165) is 77.7 Å². The van der Waals surface area contributed by atoms with Crippen LogP contribution in [0, 0.1) is 0 Å². The first-order valence-corrected chi connectivity index (χ1v) is 14.8. The first-order valence-electron chi connectivity index (χ1n) is 14.8. The molecular weight excluding hydrogens is 546 g/mol. The lowest BCUT2D eigenvalue weighted by molar-refractivity contribution is -0.0668. The van der Waals surface area contributed by atoms with Gasteiger partial charge in [-0.05, 0) is 61.8 Å². The highest BCUT2D eigenvalue weighted by Gasteiger charge is 2.39. The number of hydrogen-bond donors (Lipinski definition) is 2. The van der Waals surface area contributed by atoms with Gasteiger partial charge < -0.3 is 0 Å². The van der Waals surface area contributed by atoms with Gasteiger partial charge in [0.05, 0.1) is 5.69 Å². The number of nitrogens with one attached hydrogen (secondary N) is 2. The van der Waals surface area contributed by atoms with Gasteiger partial charge >= 0.3 is 5.76 Å². The first kappa shape index (κ1) is 27.1. The van der Waals surface area contributed by atoms with Crippen LogP contribution < -0.4 is 16.8 Å². The minimum Gasteiger partial charge on any atom is -0.296 e. The molecule has 7 rings (SSSR count). The molecule has 11 heteroatoms. The van der Waals surface area contributed by atoms with E-state index in [1.54, 1.807) is 6.33 Å². The smallest absolute Gasteiger partial charge is 0.296 e. The number of benzene rings is 2. The molecule has 2 aliphatic rings. The molecule has 4 heterocycles. The van der Waals surface area contributed by atoms with Gasteiger partial charge in [0.2, 0.25) is 5.78 Å². The molecule has 11 nitrogen and oxygen atoms in total. The molecule has 3 aromatic heterocycles. The van der Waals surface area contributed by atoms with E-state index in [0.29, 0.717) is 18.0 Å². The monoisotopic (exact) mass is 579 g/mol. The normalized spacial score (nSPS) is 20.0. The Labute approximate surface area is 247 Å². The average Bonchev–Trinajstić information content (AvgIpc) is 3.77. The van der Waals surface area contributed by atoms with Crippen LogP contribution in [-0.4, -0.2) is 34.9 Å². The van der Waals surface area contributed by atoms with Crippen molar-refractivity contribution < 1.29 is 9.36 Å². The van der Waals surface area contributed by atoms with Crippen LogP contribution in [0.5, 0.6) is 0 Å². The maximum Gasteiger partial charge on any atom is 0.439 e. The lowest BCUT2D eigenvalue weighted by Crippen LogP contribution is -2.39. The van der Waals surface area contributed by atoms with Gasteiger partial charge in [-0.15, -0.1) is 0 Å². The standard InChI is InChI=1S/C32H33N7O4/c1-3-6-27-26(17-21-9-11-22(12-10-21)24-7-4-5-8-25(24)28-35-31(41)42-37-28)29(40)38(30-33-19-34-39(27)30)23-13-15-32(16-14-23)18-20(2)36-43-32/h4-5,7-12,18-19,23,36H,3,6,13-17H2,1-2H3,(H,35,37,41). The number of fused-ring (bicyclic) bond motifs is 1. The molecule has 2 N–H and O–H groups in total. The van der Waals surface area contributed by atoms with Crippen LogP contribution in [-0.2, 0) is 17.7 Å². The summed E-state index contributed by atoms with van der Waals surface area (Å²) in [4.78, 5) is 39.0. The molecule has 0 amide bonds. The molecule has 0 unspecified atom stereocenters. The molecule has 1 saturated carbocycles. The van der Waals surface area contributed by atoms with Crippen LogP contribution in [0.15, 0.2) is 80.7 Å². The Bertz CT molecular complexity index is 1940. The molecule has 5 aromatic rings. The number of rotatable bonds is 7. The summed E-state index contributed by atoms with van der Waals surface area (Å²) >= 11 is 0. The Kier molecular flexibility index (Phi) is 6.81. The van der Waals surface area contributed by atoms with Gasteiger partial charge in [-0.3, -0.25) is 29.2 Å². The van der Waals surface area contributed by atoms with E-state index < -0.39 is 5.76 Å². The summed E-state index contributed by atoms with van der Waals surface area (Å²) in [5, 5.41) is 8.44. The molecule has 1 spiro atoms. The fraction of sp³-hybridized carbons (Fsp3) is 0.344. The van der Waals surface area contributed by atoms with Crippen LogP contribution in [0.3, 0.4) is 0 Å². The molecule has 1 aliphatic carbocycles. The van der Waals surface area contributed by atoms with Crippen LogP contribution in [0.25, 0.3) is 28.3 Å². The van der Waals surface area contributed by atoms with Crippen molar-refractivity contribution in [2.24, 2.45) is 0 Å². The van der Waals surface area contributed by atoms with E-state index in [9.17, 15) is 9.59 Å². The van der Waals surface area contributed by atoms with Gasteiger partial charge in [0.15, 0.2) is 5.82 Å². The van der Waals surface area contributed by atoms with Crippen LogP contribution in [0.1, 0.15) is 68.8 Å². The van der Waals surface area contributed by atoms with E-state index in [-0.39, 0.29) is 17.2 Å². The molecule has 1 fully saturated rings. The van der Waals surface area contributed by atoms with Crippen LogP contribution in [0.4, 0.5) is 0 Å². The summed E-state index contributed by atoms with van der Waals surface area (Å²) in [6.45, 7) is 4.12. The Morgan fingerprint density at radius 2 is 1.81 bits per heavy atom. The summed E-state index contributed by atoms with van der Waals surface area (Å²) in [7, 11) is 0. The maximum absolute atomic E-state index is 14.3. The van der Waals surface area contributed by atoms with Crippen molar-refractivity contribution in [3.63, 3.8) is 0 Å². The molecule has 1 aliphatic heterocycles. The number of aromatic nitrogens is 6. The molecule has 0 bridgehead atoms. The molecule has 0 atom stereocenters. The highest BCUT2D eigenvalue weighted by atomic mass is 16.7. The fourth-order valence-electron chi connectivity index (χ4n) is 6.60. The van der Waals surface area contributed by atoms with Gasteiger partial charge in [-0.2, -0.15) is 10.1 Å². The summed E-state index contributed by atoms with van der Waals surface area (Å²) < 4.78 is 8.47. The lowest BCUT2D eigenvalue weighted by Gasteiger charge is -2.35. The number of nitrogens with zero attached hydrogens (tertiary/aromatic N) is 5. The maximum atomic E-state index is 14.3. The minimum atomic E-state index is -0.596. The second-order valence-corrected chi connectivity index (χ2v) is 11.5. The zero-order valence-corrected chi connectivity index (χ0v) is 24.2. The highest BCUT2D eigenvalue weighted by molar-refractivity contribution is 5.80. The van der Waals surface area contributed by atoms with E-state index in [4.69, 9.17) is 9.36 Å². The third-order valence-electron chi connectivity index (χ3n) is 8.64. The van der Waals surface area contributed by atoms with Crippen molar-refractivity contribution in [2.75, 3.05) is 0 Å². The molecular formula is C32H33N7O4. The summed E-state index contributed by atoms with van der Waals surface area (Å²) in [5.41, 5.74) is 9.06. The van der Waals surface area contributed by atoms with E-state index in [2.05, 4.69) is 38.7 Å². The number of aromatic amines is 1. The Balaban J connectivity index is 1.23. The van der Waals surface area contributed by atoms with Gasteiger partial charge in [-0.25, -0.2) is 9.31 Å². The predicted octanol–water partition coefficient (Wildman–Crippen LogP) is 4.74. The SMILES string of the molecule is CCCc1c(Cc2ccc(-c3ccccc3-c3noc(=O)[nH]3)cc2)c(=O)n(C2CCC3(C=C(C)NO3)CC2)c2ncnn12. The number of allylic oxidation sites excluding steroid dienone is 1. The van der Waals surface area contributed by atoms with Crippen molar-refractivity contribution >= 4 is 5.78 Å². The van der Waals surface area contributed by atoms with Crippen molar-refractivity contribution in [3.8, 4) is 22.5 Å². The Morgan fingerprint density at radius 1 is 1.05 bits per heavy atom. The second kappa shape index (κ2) is 10.8. The predicted molar refractivity (Wildman–Crippen MR) is 160 cm³/mol. The molecule has 2 aromatic carbocycles. The largest absolute Gasteiger partial charge is 0.439 e. The third-order valence-corrected chi connectivity index (χ3v) is 8.64. The zero-order chi connectivity index (χ0) is 29.6. The molecule has 43 heavy (non-hydrogen) atoms. The zero-order valence-electron chi connectivity index (χ0n) is 24.2. The van der Waals surface area contributed by atoms with Crippen molar-refractivity contribution in [3.05, 3.63) is 104 Å². The highest BCUT2D eigenvalue weighted by Crippen LogP contribution is 2.40. The Hall–Kier alpha value is -4.77. The summed E-state index contributed by atoms with van der Waals surface area (Å²) in [5.74, 6) is 0.390. The summed E-state index contributed by atoms with van der Waals surface area (Å²) in [6.07, 6.45) is 9.07. The number of aryl methyl sites for hydroxylation is 1. The molecule has 220 valence electrons. The van der Waals surface area contributed by atoms with Gasteiger partial charge in [-0.1, -0.05) is 67.0 Å². The fourth-order valence-corrected chi connectivity index (χ4v) is 6.60. The first-order chi connectivity index (χ1) is 20.9. The minimum absolute atomic E-state index is 0.00602. The number of H-pyrrole nitrogens is 1. The number of hydroxylamine groups is 1. The van der Waals surface area contributed by atoms with Gasteiger partial charge in [0.25, 0.3) is 5.56 Å². The Morgan fingerprint density at radius 3 is 2.49 bits per heavy atom. The van der Waals surface area contributed by atoms with Gasteiger partial charge in [0, 0.05) is 29.3 Å². The quantitative estimate of drug-likeness (QED) is 0.283. The molecule has 0 radical (unpaired) electrons. The molecule has 0 saturated heterocycles. The van der Waals surface area contributed by atoms with Crippen molar-refractivity contribution in [2.45, 2.75) is 70.4 Å². The topological polar surface area (TPSA) is 132 Å². The van der Waals surface area contributed by atoms with Crippen molar-refractivity contribution in [1.29, 1.82) is 0 Å². The number of hydrogen-bond acceptors (Lipinski definition) is 8. The van der Waals surface area contributed by atoms with E-state index in [1.165, 1.54) is 0 Å². The van der Waals surface area contributed by atoms with Crippen LogP contribution in [0.2, 0.25) is 0 Å². The van der Waals surface area contributed by atoms with Gasteiger partial charge in [0.1, 0.15) is 11.9 Å². The average molecular weight is 580 g/mol. The summed E-state index contributed by atoms with van der Waals surface area (Å²) in [6, 6.07) is 15.9.